The Kier molecular flexibility index (Phi) is 4.39. The minimum Gasteiger partial charge on any atom is -0.207 e. The van der Waals surface area contributed by atoms with Crippen LogP contribution in [0.1, 0.15) is 26.3 Å². The van der Waals surface area contributed by atoms with Crippen molar-refractivity contribution in [3.63, 3.8) is 0 Å². The van der Waals surface area contributed by atoms with E-state index in [1.165, 1.54) is 0 Å². The van der Waals surface area contributed by atoms with Crippen molar-refractivity contribution in [2.75, 3.05) is 0 Å². The predicted octanol–water partition coefficient (Wildman–Crippen LogP) is 3.54. The Labute approximate surface area is 118 Å². The van der Waals surface area contributed by atoms with Crippen LogP contribution in [-0.2, 0) is 16.2 Å². The monoisotopic (exact) mass is 359 g/mol. The van der Waals surface area contributed by atoms with Crippen molar-refractivity contribution >= 4 is 26.0 Å². The second-order valence-electron chi connectivity index (χ2n) is 5.00. The molecule has 0 saturated carbocycles. The van der Waals surface area contributed by atoms with E-state index >= 15 is 0 Å². The zero-order valence-electron chi connectivity index (χ0n) is 10.5. The average molecular weight is 360 g/mol. The van der Waals surface area contributed by atoms with Gasteiger partial charge in [-0.1, -0.05) is 0 Å². The Morgan fingerprint density at radius 1 is 1.16 bits per heavy atom. The summed E-state index contributed by atoms with van der Waals surface area (Å²) in [5.74, 6) is 0. The van der Waals surface area contributed by atoms with Gasteiger partial charge in [-0.15, -0.1) is 0 Å². The molecule has 3 nitrogen and oxygen atoms in total. The molecule has 0 spiro atoms. The van der Waals surface area contributed by atoms with Crippen LogP contribution in [0.2, 0.25) is 0 Å². The van der Waals surface area contributed by atoms with E-state index < -0.39 is 27.3 Å². The summed E-state index contributed by atoms with van der Waals surface area (Å²) in [6.07, 6.45) is -4.51. The number of sulfonamides is 1. The molecule has 0 aromatic heterocycles. The third-order valence-corrected chi connectivity index (χ3v) is 4.72. The lowest BCUT2D eigenvalue weighted by molar-refractivity contribution is -0.137. The summed E-state index contributed by atoms with van der Waals surface area (Å²) in [6.45, 7) is 4.92. The van der Waals surface area contributed by atoms with Crippen molar-refractivity contribution in [2.24, 2.45) is 0 Å². The summed E-state index contributed by atoms with van der Waals surface area (Å²) < 4.78 is 63.7. The SMILES string of the molecule is CC(C)(C)NS(=O)(=O)c1ccc(C(F)(F)F)cc1Br. The van der Waals surface area contributed by atoms with Gasteiger partial charge in [0.2, 0.25) is 10.0 Å². The number of benzene rings is 1. The van der Waals surface area contributed by atoms with Crippen LogP contribution in [0.5, 0.6) is 0 Å². The van der Waals surface area contributed by atoms with Gasteiger partial charge >= 0.3 is 6.18 Å². The van der Waals surface area contributed by atoms with E-state index in [0.717, 1.165) is 18.2 Å². The molecule has 108 valence electrons. The number of rotatable bonds is 2. The third-order valence-electron chi connectivity index (χ3n) is 1.99. The van der Waals surface area contributed by atoms with Crippen molar-refractivity contribution in [3.05, 3.63) is 28.2 Å². The maximum absolute atomic E-state index is 12.5. The second kappa shape index (κ2) is 5.06. The molecule has 1 N–H and O–H groups in total. The van der Waals surface area contributed by atoms with Crippen LogP contribution in [0, 0.1) is 0 Å². The largest absolute Gasteiger partial charge is 0.416 e. The van der Waals surface area contributed by atoms with Gasteiger partial charge in [0, 0.05) is 10.0 Å². The lowest BCUT2D eigenvalue weighted by atomic mass is 10.1. The molecule has 0 heterocycles. The Morgan fingerprint density at radius 3 is 2.05 bits per heavy atom. The minimum atomic E-state index is -4.51. The van der Waals surface area contributed by atoms with Crippen LogP contribution in [0.15, 0.2) is 27.6 Å². The summed E-state index contributed by atoms with van der Waals surface area (Å²) in [5, 5.41) is 0. The van der Waals surface area contributed by atoms with Crippen molar-refractivity contribution in [1.29, 1.82) is 0 Å². The van der Waals surface area contributed by atoms with E-state index in [9.17, 15) is 21.6 Å². The summed E-state index contributed by atoms with van der Waals surface area (Å²) in [7, 11) is -3.88. The number of hydrogen-bond acceptors (Lipinski definition) is 2. The number of alkyl halides is 3. The predicted molar refractivity (Wildman–Crippen MR) is 69.2 cm³/mol. The van der Waals surface area contributed by atoms with E-state index in [2.05, 4.69) is 20.7 Å². The van der Waals surface area contributed by atoms with Gasteiger partial charge in [-0.05, 0) is 54.9 Å². The molecule has 0 amide bonds. The normalized spacial score (nSPS) is 13.6. The maximum atomic E-state index is 12.5. The molecular formula is C11H13BrF3NO2S. The highest BCUT2D eigenvalue weighted by molar-refractivity contribution is 9.10. The molecule has 1 aromatic rings. The molecule has 0 unspecified atom stereocenters. The van der Waals surface area contributed by atoms with Gasteiger partial charge in [0.15, 0.2) is 0 Å². The second-order valence-corrected chi connectivity index (χ2v) is 7.50. The van der Waals surface area contributed by atoms with Gasteiger partial charge in [0.05, 0.1) is 10.5 Å². The molecule has 0 aliphatic heterocycles. The molecule has 0 radical (unpaired) electrons. The van der Waals surface area contributed by atoms with Gasteiger partial charge in [-0.3, -0.25) is 0 Å². The van der Waals surface area contributed by atoms with Gasteiger partial charge < -0.3 is 0 Å². The molecular weight excluding hydrogens is 347 g/mol. The molecule has 1 rings (SSSR count). The Balaban J connectivity index is 3.24. The van der Waals surface area contributed by atoms with E-state index in [4.69, 9.17) is 0 Å². The van der Waals surface area contributed by atoms with Crippen molar-refractivity contribution < 1.29 is 21.6 Å². The molecule has 0 atom stereocenters. The highest BCUT2D eigenvalue weighted by atomic mass is 79.9. The standard InChI is InChI=1S/C11H13BrF3NO2S/c1-10(2,3)16-19(17,18)9-5-4-7(6-8(9)12)11(13,14)15/h4-6,16H,1-3H3. The first-order chi connectivity index (χ1) is 8.33. The van der Waals surface area contributed by atoms with Crippen LogP contribution in [0.3, 0.4) is 0 Å². The van der Waals surface area contributed by atoms with E-state index in [-0.39, 0.29) is 9.37 Å². The summed E-state index contributed by atoms with van der Waals surface area (Å²) in [6, 6.07) is 2.42. The summed E-state index contributed by atoms with van der Waals surface area (Å²) in [5.41, 5.74) is -1.63. The molecule has 19 heavy (non-hydrogen) atoms. The molecule has 0 saturated heterocycles. The minimum absolute atomic E-state index is 0.126. The van der Waals surface area contributed by atoms with Crippen molar-refractivity contribution in [1.82, 2.24) is 4.72 Å². The van der Waals surface area contributed by atoms with Gasteiger partial charge in [0.25, 0.3) is 0 Å². The zero-order valence-corrected chi connectivity index (χ0v) is 12.9. The van der Waals surface area contributed by atoms with E-state index in [0.29, 0.717) is 0 Å². The quantitative estimate of drug-likeness (QED) is 0.877. The fraction of sp³-hybridized carbons (Fsp3) is 0.455. The molecule has 0 aliphatic carbocycles. The number of nitrogens with one attached hydrogen (secondary N) is 1. The number of hydrogen-bond donors (Lipinski definition) is 1. The van der Waals surface area contributed by atoms with Crippen LogP contribution in [-0.4, -0.2) is 14.0 Å². The summed E-state index contributed by atoms with van der Waals surface area (Å²) in [4.78, 5) is -0.226. The lowest BCUT2D eigenvalue weighted by Crippen LogP contribution is -2.40. The highest BCUT2D eigenvalue weighted by Gasteiger charge is 2.32. The van der Waals surface area contributed by atoms with Crippen molar-refractivity contribution in [3.8, 4) is 0 Å². The fourth-order valence-corrected chi connectivity index (χ4v) is 3.85. The molecule has 0 bridgehead atoms. The van der Waals surface area contributed by atoms with Crippen molar-refractivity contribution in [2.45, 2.75) is 37.4 Å². The zero-order chi connectivity index (χ0) is 15.1. The molecule has 0 fully saturated rings. The smallest absolute Gasteiger partial charge is 0.207 e. The van der Waals surface area contributed by atoms with Gasteiger partial charge in [-0.25, -0.2) is 13.1 Å². The lowest BCUT2D eigenvalue weighted by Gasteiger charge is -2.21. The first-order valence-electron chi connectivity index (χ1n) is 5.24. The first-order valence-corrected chi connectivity index (χ1v) is 7.51. The van der Waals surface area contributed by atoms with Gasteiger partial charge in [0.1, 0.15) is 0 Å². The molecule has 0 aliphatic rings. The Hall–Kier alpha value is -0.600. The van der Waals surface area contributed by atoms with Crippen LogP contribution in [0.25, 0.3) is 0 Å². The maximum Gasteiger partial charge on any atom is 0.416 e. The third kappa shape index (κ3) is 4.47. The van der Waals surface area contributed by atoms with E-state index in [1.807, 2.05) is 0 Å². The van der Waals surface area contributed by atoms with Crippen LogP contribution in [0.4, 0.5) is 13.2 Å². The molecule has 1 aromatic carbocycles. The Bertz CT molecular complexity index is 577. The number of halogens is 4. The average Bonchev–Trinajstić information content (AvgIpc) is 2.11. The topological polar surface area (TPSA) is 46.2 Å². The summed E-state index contributed by atoms with van der Waals surface area (Å²) >= 11 is 2.86. The Morgan fingerprint density at radius 2 is 1.68 bits per heavy atom. The van der Waals surface area contributed by atoms with Crippen LogP contribution >= 0.6 is 15.9 Å². The first kappa shape index (κ1) is 16.5. The molecule has 8 heteroatoms. The van der Waals surface area contributed by atoms with Gasteiger partial charge in [-0.2, -0.15) is 13.2 Å². The van der Waals surface area contributed by atoms with E-state index in [1.54, 1.807) is 20.8 Å². The van der Waals surface area contributed by atoms with Crippen LogP contribution < -0.4 is 4.72 Å². The fourth-order valence-electron chi connectivity index (χ4n) is 1.35. The highest BCUT2D eigenvalue weighted by Crippen LogP contribution is 2.33.